The van der Waals surface area contributed by atoms with E-state index in [-0.39, 0.29) is 0 Å². The first-order valence-corrected chi connectivity index (χ1v) is 11.1. The molecule has 5 aromatic rings. The van der Waals surface area contributed by atoms with Crippen LogP contribution in [0.3, 0.4) is 0 Å². The minimum absolute atomic E-state index is 0.462. The highest BCUT2D eigenvalue weighted by Gasteiger charge is 2.15. The molecule has 0 fully saturated rings. The van der Waals surface area contributed by atoms with Crippen LogP contribution in [0.25, 0.3) is 39.0 Å². The molecule has 8 nitrogen and oxygen atoms in total. The summed E-state index contributed by atoms with van der Waals surface area (Å²) >= 11 is 0. The molecule has 170 valence electrons. The van der Waals surface area contributed by atoms with E-state index >= 15 is 0 Å². The number of anilines is 1. The van der Waals surface area contributed by atoms with Crippen molar-refractivity contribution in [2.75, 3.05) is 11.9 Å². The molecule has 3 heterocycles. The zero-order valence-electron chi connectivity index (χ0n) is 19.3. The summed E-state index contributed by atoms with van der Waals surface area (Å²) in [4.78, 5) is 21.3. The summed E-state index contributed by atoms with van der Waals surface area (Å²) in [6.07, 6.45) is 7.57. The third kappa shape index (κ3) is 3.79. The van der Waals surface area contributed by atoms with E-state index in [0.717, 1.165) is 44.7 Å². The van der Waals surface area contributed by atoms with Crippen molar-refractivity contribution in [3.05, 3.63) is 78.6 Å². The summed E-state index contributed by atoms with van der Waals surface area (Å²) in [5.74, 6) is -0.462. The fourth-order valence-electron chi connectivity index (χ4n) is 4.23. The first-order valence-electron chi connectivity index (χ1n) is 11.1. The van der Waals surface area contributed by atoms with E-state index < -0.39 is 5.91 Å². The van der Waals surface area contributed by atoms with E-state index in [9.17, 15) is 4.79 Å². The number of rotatable bonds is 6. The molecule has 0 aliphatic carbocycles. The van der Waals surface area contributed by atoms with Crippen molar-refractivity contribution in [1.29, 1.82) is 0 Å². The molecule has 0 aliphatic heterocycles. The minimum atomic E-state index is -0.462. The Morgan fingerprint density at radius 3 is 2.68 bits per heavy atom. The molecule has 34 heavy (non-hydrogen) atoms. The lowest BCUT2D eigenvalue weighted by Crippen LogP contribution is -2.14. The number of nitrogens with two attached hydrogens (primary N) is 1. The molecule has 0 unspecified atom stereocenters. The number of fused-ring (bicyclic) bond motifs is 1. The molecule has 2 aromatic carbocycles. The van der Waals surface area contributed by atoms with Gasteiger partial charge in [0.25, 0.3) is 5.91 Å². The highest BCUT2D eigenvalue weighted by Crippen LogP contribution is 2.33. The molecule has 0 aliphatic rings. The maximum absolute atomic E-state index is 11.9. The smallest absolute Gasteiger partial charge is 0.250 e. The molecule has 0 saturated carbocycles. The Kier molecular flexibility index (Phi) is 5.33. The summed E-state index contributed by atoms with van der Waals surface area (Å²) in [5, 5.41) is 9.55. The highest BCUT2D eigenvalue weighted by atomic mass is 16.1. The Bertz CT molecular complexity index is 1530. The topological polar surface area (TPSA) is 104 Å². The van der Waals surface area contributed by atoms with Gasteiger partial charge in [-0.05, 0) is 38.1 Å². The summed E-state index contributed by atoms with van der Waals surface area (Å²) < 4.78 is 3.78. The second kappa shape index (κ2) is 8.47. The summed E-state index contributed by atoms with van der Waals surface area (Å²) in [6, 6.07) is 13.8. The fraction of sp³-hybridized carbons (Fsp3) is 0.154. The van der Waals surface area contributed by atoms with Crippen LogP contribution >= 0.6 is 0 Å². The van der Waals surface area contributed by atoms with Crippen LogP contribution in [0.4, 0.5) is 5.69 Å². The van der Waals surface area contributed by atoms with E-state index in [0.29, 0.717) is 17.8 Å². The molecular weight excluding hydrogens is 426 g/mol. The molecular formula is C26H25N7O. The fourth-order valence-corrected chi connectivity index (χ4v) is 4.23. The number of nitrogens with one attached hydrogen (secondary N) is 1. The van der Waals surface area contributed by atoms with Crippen LogP contribution in [0.15, 0.2) is 67.4 Å². The summed E-state index contributed by atoms with van der Waals surface area (Å²) in [6.45, 7) is 4.64. The zero-order chi connectivity index (χ0) is 23.8. The molecule has 0 radical (unpaired) electrons. The molecule has 8 heteroatoms. The Morgan fingerprint density at radius 2 is 1.94 bits per heavy atom. The summed E-state index contributed by atoms with van der Waals surface area (Å²) in [5.41, 5.74) is 12.2. The second-order valence-electron chi connectivity index (χ2n) is 8.21. The van der Waals surface area contributed by atoms with E-state index in [1.807, 2.05) is 62.4 Å². The minimum Gasteiger partial charge on any atom is -0.385 e. The lowest BCUT2D eigenvalue weighted by atomic mass is 9.99. The van der Waals surface area contributed by atoms with Gasteiger partial charge < -0.3 is 15.6 Å². The van der Waals surface area contributed by atoms with Gasteiger partial charge in [0.1, 0.15) is 0 Å². The number of aryl methyl sites for hydroxylation is 2. The summed E-state index contributed by atoms with van der Waals surface area (Å²) in [7, 11) is 1.89. The molecule has 3 N–H and O–H groups in total. The van der Waals surface area contributed by atoms with Crippen molar-refractivity contribution in [3.63, 3.8) is 0 Å². The number of carbonyl (C=O) groups excluding carboxylic acids is 1. The number of carbonyl (C=O) groups is 1. The van der Waals surface area contributed by atoms with Gasteiger partial charge in [0.15, 0.2) is 0 Å². The van der Waals surface area contributed by atoms with Gasteiger partial charge in [0.2, 0.25) is 0 Å². The maximum atomic E-state index is 11.9. The zero-order valence-corrected chi connectivity index (χ0v) is 19.3. The Balaban J connectivity index is 1.66. The molecule has 5 rings (SSSR count). The van der Waals surface area contributed by atoms with Gasteiger partial charge in [-0.3, -0.25) is 14.5 Å². The Hall–Kier alpha value is -4.46. The van der Waals surface area contributed by atoms with Gasteiger partial charge in [-0.15, -0.1) is 0 Å². The number of imidazole rings is 1. The first kappa shape index (κ1) is 21.4. The standard InChI is InChI=1S/C26H25N7O/c1-4-28-22-11-17(8-9-20(22)26(27)34)25-19-6-5-7-24(21(19)10-16(2)31-25)33-14-23(29-15-33)18-12-30-32(3)13-18/h5-15,28H,4H2,1-3H3,(H2,27,34). The Labute approximate surface area is 197 Å². The van der Waals surface area contributed by atoms with Crippen LogP contribution in [0.5, 0.6) is 0 Å². The van der Waals surface area contributed by atoms with Crippen molar-refractivity contribution in [2.24, 2.45) is 12.8 Å². The van der Waals surface area contributed by atoms with Gasteiger partial charge >= 0.3 is 0 Å². The molecule has 3 aromatic heterocycles. The van der Waals surface area contributed by atoms with Gasteiger partial charge in [0, 0.05) is 59.3 Å². The molecule has 0 saturated heterocycles. The average molecular weight is 452 g/mol. The number of nitrogens with zero attached hydrogens (tertiary/aromatic N) is 5. The number of aromatic nitrogens is 5. The molecule has 0 bridgehead atoms. The highest BCUT2D eigenvalue weighted by molar-refractivity contribution is 6.02. The van der Waals surface area contributed by atoms with Crippen LogP contribution in [-0.4, -0.2) is 36.8 Å². The van der Waals surface area contributed by atoms with E-state index in [1.54, 1.807) is 16.9 Å². The molecule has 1 amide bonds. The maximum Gasteiger partial charge on any atom is 0.250 e. The number of benzene rings is 2. The molecule has 0 spiro atoms. The van der Waals surface area contributed by atoms with E-state index in [1.165, 1.54) is 0 Å². The lowest BCUT2D eigenvalue weighted by Gasteiger charge is -2.14. The number of hydrogen-bond acceptors (Lipinski definition) is 5. The third-order valence-corrected chi connectivity index (χ3v) is 5.77. The van der Waals surface area contributed by atoms with Gasteiger partial charge in [-0.2, -0.15) is 5.10 Å². The quantitative estimate of drug-likeness (QED) is 0.400. The van der Waals surface area contributed by atoms with Gasteiger partial charge in [-0.1, -0.05) is 18.2 Å². The predicted molar refractivity (Wildman–Crippen MR) is 134 cm³/mol. The van der Waals surface area contributed by atoms with Crippen molar-refractivity contribution in [2.45, 2.75) is 13.8 Å². The average Bonchev–Trinajstić information content (AvgIpc) is 3.47. The van der Waals surface area contributed by atoms with Crippen LogP contribution in [0, 0.1) is 6.92 Å². The third-order valence-electron chi connectivity index (χ3n) is 5.77. The van der Waals surface area contributed by atoms with Crippen LogP contribution in [0.1, 0.15) is 23.0 Å². The van der Waals surface area contributed by atoms with Crippen LogP contribution in [0.2, 0.25) is 0 Å². The van der Waals surface area contributed by atoms with Gasteiger partial charge in [0.05, 0.1) is 35.2 Å². The second-order valence-corrected chi connectivity index (χ2v) is 8.21. The monoisotopic (exact) mass is 451 g/mol. The molecule has 0 atom stereocenters. The van der Waals surface area contributed by atoms with E-state index in [4.69, 9.17) is 10.7 Å². The lowest BCUT2D eigenvalue weighted by molar-refractivity contribution is 0.100. The van der Waals surface area contributed by atoms with Crippen molar-refractivity contribution in [1.82, 2.24) is 24.3 Å². The van der Waals surface area contributed by atoms with Crippen LogP contribution in [-0.2, 0) is 7.05 Å². The normalized spacial score (nSPS) is 11.1. The first-order chi connectivity index (χ1) is 16.4. The van der Waals surface area contributed by atoms with Crippen LogP contribution < -0.4 is 11.1 Å². The predicted octanol–water partition coefficient (Wildman–Crippen LogP) is 4.33. The van der Waals surface area contributed by atoms with Crippen molar-refractivity contribution in [3.8, 4) is 28.2 Å². The number of amides is 1. The largest absolute Gasteiger partial charge is 0.385 e. The Morgan fingerprint density at radius 1 is 1.09 bits per heavy atom. The number of primary amides is 1. The number of hydrogen-bond donors (Lipinski definition) is 2. The van der Waals surface area contributed by atoms with Crippen molar-refractivity contribution >= 4 is 22.4 Å². The SMILES string of the molecule is CCNc1cc(-c2nc(C)cc3c(-n4cnc(-c5cnn(C)c5)c4)cccc23)ccc1C(N)=O. The van der Waals surface area contributed by atoms with E-state index in [2.05, 4.69) is 33.6 Å². The van der Waals surface area contributed by atoms with Gasteiger partial charge in [-0.25, -0.2) is 4.98 Å². The van der Waals surface area contributed by atoms with Crippen molar-refractivity contribution < 1.29 is 4.79 Å². The number of pyridine rings is 1.